The standard InChI is InChI=1S/C37H38N2O4/c1-26-18-32(42-25-31-10-7-11-33(27(31)2)30-12-13-35-37(20-30)41-17-16-40-35)21-36(34(26)23-39-14-4-3-5-15-39)43-24-29-9-6-8-28(19-29)22-38/h6-13,18-21H,3-5,14-17,23-25H2,1-2H3. The minimum Gasteiger partial charge on any atom is -0.489 e. The van der Waals surface area contributed by atoms with Crippen molar-refractivity contribution in [3.8, 4) is 40.2 Å². The Kier molecular flexibility index (Phi) is 8.81. The Hall–Kier alpha value is -4.47. The zero-order valence-electron chi connectivity index (χ0n) is 25.0. The molecule has 4 aromatic rings. The van der Waals surface area contributed by atoms with Gasteiger partial charge in [0.15, 0.2) is 11.5 Å². The third kappa shape index (κ3) is 6.79. The molecule has 1 saturated heterocycles. The molecule has 0 N–H and O–H groups in total. The highest BCUT2D eigenvalue weighted by Gasteiger charge is 2.18. The molecule has 0 radical (unpaired) electrons. The number of likely N-dealkylation sites (tertiary alicyclic amines) is 1. The van der Waals surface area contributed by atoms with E-state index in [1.807, 2.05) is 36.4 Å². The summed E-state index contributed by atoms with van der Waals surface area (Å²) in [6.07, 6.45) is 3.78. The Morgan fingerprint density at radius 2 is 1.63 bits per heavy atom. The van der Waals surface area contributed by atoms with Crippen LogP contribution < -0.4 is 18.9 Å². The van der Waals surface area contributed by atoms with E-state index in [0.717, 1.165) is 70.4 Å². The molecule has 4 aromatic carbocycles. The number of hydrogen-bond donors (Lipinski definition) is 0. The fourth-order valence-electron chi connectivity index (χ4n) is 5.92. The number of hydrogen-bond acceptors (Lipinski definition) is 6. The van der Waals surface area contributed by atoms with Crippen LogP contribution in [0, 0.1) is 25.2 Å². The summed E-state index contributed by atoms with van der Waals surface area (Å²) in [5.41, 5.74) is 8.50. The molecule has 0 atom stereocenters. The van der Waals surface area contributed by atoms with Gasteiger partial charge in [0.1, 0.15) is 37.9 Å². The van der Waals surface area contributed by atoms with E-state index in [2.05, 4.69) is 61.2 Å². The predicted molar refractivity (Wildman–Crippen MR) is 168 cm³/mol. The summed E-state index contributed by atoms with van der Waals surface area (Å²) in [7, 11) is 0. The van der Waals surface area contributed by atoms with Crippen molar-refractivity contribution in [1.29, 1.82) is 5.26 Å². The van der Waals surface area contributed by atoms with E-state index in [1.165, 1.54) is 30.4 Å². The Labute approximate surface area is 254 Å². The first-order valence-electron chi connectivity index (χ1n) is 15.2. The van der Waals surface area contributed by atoms with Gasteiger partial charge in [0, 0.05) is 18.2 Å². The second kappa shape index (κ2) is 13.2. The molecular formula is C37H38N2O4. The van der Waals surface area contributed by atoms with E-state index >= 15 is 0 Å². The number of piperidine rings is 1. The average molecular weight is 575 g/mol. The zero-order valence-corrected chi connectivity index (χ0v) is 25.0. The maximum atomic E-state index is 9.32. The van der Waals surface area contributed by atoms with Gasteiger partial charge in [0.25, 0.3) is 0 Å². The molecule has 0 amide bonds. The van der Waals surface area contributed by atoms with Crippen LogP contribution in [0.2, 0.25) is 0 Å². The topological polar surface area (TPSA) is 64.0 Å². The lowest BCUT2D eigenvalue weighted by Gasteiger charge is -2.28. The molecule has 6 rings (SSSR count). The average Bonchev–Trinajstić information content (AvgIpc) is 3.05. The van der Waals surface area contributed by atoms with Crippen molar-refractivity contribution in [3.05, 3.63) is 106 Å². The van der Waals surface area contributed by atoms with Crippen LogP contribution in [-0.2, 0) is 19.8 Å². The van der Waals surface area contributed by atoms with Gasteiger partial charge in [-0.1, -0.05) is 42.8 Å². The lowest BCUT2D eigenvalue weighted by atomic mass is 9.96. The molecule has 2 heterocycles. The molecule has 6 nitrogen and oxygen atoms in total. The van der Waals surface area contributed by atoms with Crippen LogP contribution in [0.25, 0.3) is 11.1 Å². The number of fused-ring (bicyclic) bond motifs is 1. The van der Waals surface area contributed by atoms with Gasteiger partial charge >= 0.3 is 0 Å². The minimum atomic E-state index is 0.391. The van der Waals surface area contributed by atoms with E-state index in [4.69, 9.17) is 18.9 Å². The Morgan fingerprint density at radius 1 is 0.814 bits per heavy atom. The van der Waals surface area contributed by atoms with E-state index in [9.17, 15) is 5.26 Å². The summed E-state index contributed by atoms with van der Waals surface area (Å²) in [6.45, 7) is 9.35. The number of nitriles is 1. The summed E-state index contributed by atoms with van der Waals surface area (Å²) in [5.74, 6) is 3.20. The van der Waals surface area contributed by atoms with E-state index in [0.29, 0.717) is 32.0 Å². The zero-order chi connectivity index (χ0) is 29.6. The van der Waals surface area contributed by atoms with Gasteiger partial charge < -0.3 is 18.9 Å². The van der Waals surface area contributed by atoms with Crippen LogP contribution >= 0.6 is 0 Å². The molecule has 1 fully saturated rings. The summed E-state index contributed by atoms with van der Waals surface area (Å²) >= 11 is 0. The highest BCUT2D eigenvalue weighted by atomic mass is 16.6. The summed E-state index contributed by atoms with van der Waals surface area (Å²) in [5, 5.41) is 9.32. The van der Waals surface area contributed by atoms with Gasteiger partial charge in [-0.25, -0.2) is 0 Å². The van der Waals surface area contributed by atoms with Crippen LogP contribution in [-0.4, -0.2) is 31.2 Å². The summed E-state index contributed by atoms with van der Waals surface area (Å²) in [6, 6.07) is 26.4. The van der Waals surface area contributed by atoms with Crippen LogP contribution in [0.4, 0.5) is 0 Å². The number of nitrogens with zero attached hydrogens (tertiary/aromatic N) is 2. The van der Waals surface area contributed by atoms with Crippen LogP contribution in [0.1, 0.15) is 52.6 Å². The molecule has 0 spiro atoms. The van der Waals surface area contributed by atoms with Gasteiger partial charge in [0.05, 0.1) is 11.6 Å². The molecule has 0 aliphatic carbocycles. The van der Waals surface area contributed by atoms with Crippen LogP contribution in [0.5, 0.6) is 23.0 Å². The van der Waals surface area contributed by atoms with Crippen molar-refractivity contribution in [3.63, 3.8) is 0 Å². The van der Waals surface area contributed by atoms with Gasteiger partial charge in [-0.15, -0.1) is 0 Å². The molecule has 220 valence electrons. The quantitative estimate of drug-likeness (QED) is 0.204. The van der Waals surface area contributed by atoms with Crippen LogP contribution in [0.15, 0.2) is 72.8 Å². The highest BCUT2D eigenvalue weighted by Crippen LogP contribution is 2.37. The first-order chi connectivity index (χ1) is 21.1. The molecule has 0 unspecified atom stereocenters. The van der Waals surface area contributed by atoms with Crippen molar-refractivity contribution < 1.29 is 18.9 Å². The maximum Gasteiger partial charge on any atom is 0.161 e. The Bertz CT molecular complexity index is 1630. The number of rotatable bonds is 9. The minimum absolute atomic E-state index is 0.391. The van der Waals surface area contributed by atoms with Gasteiger partial charge in [0.2, 0.25) is 0 Å². The van der Waals surface area contributed by atoms with Crippen molar-refractivity contribution in [2.24, 2.45) is 0 Å². The van der Waals surface area contributed by atoms with Crippen molar-refractivity contribution in [1.82, 2.24) is 4.90 Å². The van der Waals surface area contributed by atoms with Crippen LogP contribution in [0.3, 0.4) is 0 Å². The molecule has 0 aromatic heterocycles. The SMILES string of the molecule is Cc1cc(OCc2cccc(-c3ccc4c(c3)OCCO4)c2C)cc(OCc2cccc(C#N)c2)c1CN1CCCCC1. The van der Waals surface area contributed by atoms with E-state index in [1.54, 1.807) is 0 Å². The third-order valence-electron chi connectivity index (χ3n) is 8.38. The second-order valence-electron chi connectivity index (χ2n) is 11.4. The number of benzene rings is 4. The fourth-order valence-corrected chi connectivity index (χ4v) is 5.92. The maximum absolute atomic E-state index is 9.32. The first kappa shape index (κ1) is 28.6. The number of ether oxygens (including phenoxy) is 4. The highest BCUT2D eigenvalue weighted by molar-refractivity contribution is 5.71. The number of aryl methyl sites for hydroxylation is 1. The molecule has 0 bridgehead atoms. The summed E-state index contributed by atoms with van der Waals surface area (Å²) < 4.78 is 24.4. The lowest BCUT2D eigenvalue weighted by Crippen LogP contribution is -2.29. The molecule has 2 aliphatic heterocycles. The monoisotopic (exact) mass is 574 g/mol. The first-order valence-corrected chi connectivity index (χ1v) is 15.2. The largest absolute Gasteiger partial charge is 0.489 e. The molecule has 2 aliphatic rings. The predicted octanol–water partition coefficient (Wildman–Crippen LogP) is 7.76. The molecule has 43 heavy (non-hydrogen) atoms. The van der Waals surface area contributed by atoms with Gasteiger partial charge in [-0.3, -0.25) is 4.90 Å². The third-order valence-corrected chi connectivity index (χ3v) is 8.38. The van der Waals surface area contributed by atoms with Crippen molar-refractivity contribution in [2.75, 3.05) is 26.3 Å². The Morgan fingerprint density at radius 3 is 2.47 bits per heavy atom. The normalized spacial score (nSPS) is 14.6. The van der Waals surface area contributed by atoms with Crippen molar-refractivity contribution >= 4 is 0 Å². The van der Waals surface area contributed by atoms with Gasteiger partial charge in [-0.2, -0.15) is 5.26 Å². The Balaban J connectivity index is 1.23. The molecule has 6 heteroatoms. The van der Waals surface area contributed by atoms with Crippen molar-refractivity contribution in [2.45, 2.75) is 52.9 Å². The van der Waals surface area contributed by atoms with E-state index in [-0.39, 0.29) is 0 Å². The molecular weight excluding hydrogens is 536 g/mol. The fraction of sp³-hybridized carbons (Fsp3) is 0.324. The lowest BCUT2D eigenvalue weighted by molar-refractivity contribution is 0.171. The summed E-state index contributed by atoms with van der Waals surface area (Å²) in [4.78, 5) is 2.52. The second-order valence-corrected chi connectivity index (χ2v) is 11.4. The van der Waals surface area contributed by atoms with E-state index < -0.39 is 0 Å². The molecule has 0 saturated carbocycles. The van der Waals surface area contributed by atoms with Gasteiger partial charge in [-0.05, 0) is 103 Å². The smallest absolute Gasteiger partial charge is 0.161 e.